The van der Waals surface area contributed by atoms with Crippen molar-refractivity contribution in [2.75, 3.05) is 19.5 Å². The van der Waals surface area contributed by atoms with E-state index in [0.29, 0.717) is 23.1 Å². The fourth-order valence-corrected chi connectivity index (χ4v) is 1.81. The van der Waals surface area contributed by atoms with Crippen molar-refractivity contribution in [1.29, 1.82) is 0 Å². The van der Waals surface area contributed by atoms with Gasteiger partial charge in [-0.05, 0) is 24.5 Å². The number of ether oxygens (including phenoxy) is 2. The maximum Gasteiger partial charge on any atom is 0.227 e. The summed E-state index contributed by atoms with van der Waals surface area (Å²) in [5.74, 6) is 2.05. The van der Waals surface area contributed by atoms with Crippen LogP contribution in [0.1, 0.15) is 13.3 Å². The fourth-order valence-electron chi connectivity index (χ4n) is 1.81. The summed E-state index contributed by atoms with van der Waals surface area (Å²) < 4.78 is 10.3. The summed E-state index contributed by atoms with van der Waals surface area (Å²) >= 11 is 0. The average molecular weight is 235 g/mol. The van der Waals surface area contributed by atoms with Gasteiger partial charge in [0, 0.05) is 12.0 Å². The quantitative estimate of drug-likeness (QED) is 0.871. The van der Waals surface area contributed by atoms with Gasteiger partial charge < -0.3 is 14.8 Å². The molecule has 0 aliphatic heterocycles. The Bertz CT molecular complexity index is 431. The molecule has 0 aromatic heterocycles. The van der Waals surface area contributed by atoms with Crippen LogP contribution in [0.2, 0.25) is 0 Å². The normalized spacial score (nSPS) is 21.8. The van der Waals surface area contributed by atoms with Gasteiger partial charge in [0.15, 0.2) is 0 Å². The Balaban J connectivity index is 2.12. The first kappa shape index (κ1) is 11.8. The molecule has 2 rings (SSSR count). The van der Waals surface area contributed by atoms with Crippen LogP contribution < -0.4 is 14.8 Å². The molecule has 0 spiro atoms. The summed E-state index contributed by atoms with van der Waals surface area (Å²) in [6.45, 7) is 2.08. The standard InChI is InChI=1S/C13H17NO3/c1-8-6-10(8)13(15)14-11-5-4-9(16-2)7-12(11)17-3/h4-5,7-8,10H,6H2,1-3H3,(H,14,15)/t8-,10+/m1/s1. The summed E-state index contributed by atoms with van der Waals surface area (Å²) in [7, 11) is 3.17. The van der Waals surface area contributed by atoms with E-state index in [9.17, 15) is 4.79 Å². The van der Waals surface area contributed by atoms with Gasteiger partial charge >= 0.3 is 0 Å². The second-order valence-corrected chi connectivity index (χ2v) is 4.37. The second kappa shape index (κ2) is 4.65. The molecular weight excluding hydrogens is 218 g/mol. The van der Waals surface area contributed by atoms with Crippen LogP contribution in [-0.2, 0) is 4.79 Å². The van der Waals surface area contributed by atoms with Crippen LogP contribution in [0.15, 0.2) is 18.2 Å². The van der Waals surface area contributed by atoms with Crippen LogP contribution >= 0.6 is 0 Å². The molecule has 1 aromatic rings. The lowest BCUT2D eigenvalue weighted by Gasteiger charge is -2.11. The van der Waals surface area contributed by atoms with Crippen molar-refractivity contribution in [3.8, 4) is 11.5 Å². The lowest BCUT2D eigenvalue weighted by atomic mass is 10.2. The molecule has 0 bridgehead atoms. The van der Waals surface area contributed by atoms with Crippen molar-refractivity contribution < 1.29 is 14.3 Å². The van der Waals surface area contributed by atoms with Gasteiger partial charge in [-0.3, -0.25) is 4.79 Å². The lowest BCUT2D eigenvalue weighted by Crippen LogP contribution is -2.15. The zero-order valence-corrected chi connectivity index (χ0v) is 10.3. The van der Waals surface area contributed by atoms with E-state index >= 15 is 0 Å². The minimum absolute atomic E-state index is 0.0703. The zero-order chi connectivity index (χ0) is 12.4. The number of hydrogen-bond donors (Lipinski definition) is 1. The van der Waals surface area contributed by atoms with E-state index in [1.165, 1.54) is 0 Å². The van der Waals surface area contributed by atoms with Crippen molar-refractivity contribution in [3.05, 3.63) is 18.2 Å². The third-order valence-electron chi connectivity index (χ3n) is 3.11. The Morgan fingerprint density at radius 2 is 2.06 bits per heavy atom. The van der Waals surface area contributed by atoms with Gasteiger partial charge in [0.05, 0.1) is 19.9 Å². The Kier molecular flexibility index (Phi) is 3.22. The highest BCUT2D eigenvalue weighted by Crippen LogP contribution is 2.39. The maximum absolute atomic E-state index is 11.8. The first-order valence-electron chi connectivity index (χ1n) is 5.68. The number of carbonyl (C=O) groups excluding carboxylic acids is 1. The van der Waals surface area contributed by atoms with Gasteiger partial charge in [0.25, 0.3) is 0 Å². The Morgan fingerprint density at radius 3 is 2.59 bits per heavy atom. The van der Waals surface area contributed by atoms with E-state index in [4.69, 9.17) is 9.47 Å². The van der Waals surface area contributed by atoms with E-state index in [1.54, 1.807) is 32.4 Å². The van der Waals surface area contributed by atoms with E-state index < -0.39 is 0 Å². The molecule has 1 amide bonds. The van der Waals surface area contributed by atoms with Gasteiger partial charge in [-0.1, -0.05) is 6.92 Å². The van der Waals surface area contributed by atoms with Gasteiger partial charge in [0.2, 0.25) is 5.91 Å². The molecule has 0 saturated heterocycles. The molecule has 1 aromatic carbocycles. The molecule has 4 nitrogen and oxygen atoms in total. The molecule has 2 atom stereocenters. The van der Waals surface area contributed by atoms with Crippen molar-refractivity contribution in [3.63, 3.8) is 0 Å². The van der Waals surface area contributed by atoms with Gasteiger partial charge in [0.1, 0.15) is 11.5 Å². The Labute approximate surface area is 101 Å². The summed E-state index contributed by atoms with van der Waals surface area (Å²) in [6, 6.07) is 5.35. The highest BCUT2D eigenvalue weighted by atomic mass is 16.5. The van der Waals surface area contributed by atoms with Crippen LogP contribution in [0.25, 0.3) is 0 Å². The molecule has 1 saturated carbocycles. The molecule has 17 heavy (non-hydrogen) atoms. The van der Waals surface area contributed by atoms with Crippen LogP contribution in [0.5, 0.6) is 11.5 Å². The van der Waals surface area contributed by atoms with Crippen LogP contribution in [-0.4, -0.2) is 20.1 Å². The molecule has 0 heterocycles. The van der Waals surface area contributed by atoms with Gasteiger partial charge in [-0.25, -0.2) is 0 Å². The molecule has 0 unspecified atom stereocenters. The highest BCUT2D eigenvalue weighted by Gasteiger charge is 2.39. The van der Waals surface area contributed by atoms with Crippen LogP contribution in [0, 0.1) is 11.8 Å². The number of benzene rings is 1. The van der Waals surface area contributed by atoms with E-state index in [-0.39, 0.29) is 11.8 Å². The lowest BCUT2D eigenvalue weighted by molar-refractivity contribution is -0.117. The molecule has 4 heteroatoms. The predicted molar refractivity (Wildman–Crippen MR) is 65.4 cm³/mol. The minimum atomic E-state index is 0.0703. The van der Waals surface area contributed by atoms with E-state index in [2.05, 4.69) is 12.2 Å². The number of rotatable bonds is 4. The SMILES string of the molecule is COc1ccc(NC(=O)[C@H]2C[C@H]2C)c(OC)c1. The molecular formula is C13H17NO3. The number of methoxy groups -OCH3 is 2. The number of anilines is 1. The predicted octanol–water partition coefficient (Wildman–Crippen LogP) is 2.30. The monoisotopic (exact) mass is 235 g/mol. The number of carbonyl (C=O) groups is 1. The summed E-state index contributed by atoms with van der Waals surface area (Å²) in [5.41, 5.74) is 0.692. The fraction of sp³-hybridized carbons (Fsp3) is 0.462. The Morgan fingerprint density at radius 1 is 1.35 bits per heavy atom. The van der Waals surface area contributed by atoms with Gasteiger partial charge in [-0.15, -0.1) is 0 Å². The topological polar surface area (TPSA) is 47.6 Å². The molecule has 92 valence electrons. The second-order valence-electron chi connectivity index (χ2n) is 4.37. The third kappa shape index (κ3) is 2.52. The first-order chi connectivity index (χ1) is 8.15. The average Bonchev–Trinajstić information content (AvgIpc) is 3.07. The molecule has 1 aliphatic carbocycles. The van der Waals surface area contributed by atoms with Crippen molar-refractivity contribution >= 4 is 11.6 Å². The molecule has 1 fully saturated rings. The molecule has 0 radical (unpaired) electrons. The van der Waals surface area contributed by atoms with E-state index in [0.717, 1.165) is 6.42 Å². The molecule has 1 aliphatic rings. The number of hydrogen-bond acceptors (Lipinski definition) is 3. The van der Waals surface area contributed by atoms with Gasteiger partial charge in [-0.2, -0.15) is 0 Å². The molecule has 1 N–H and O–H groups in total. The first-order valence-corrected chi connectivity index (χ1v) is 5.68. The summed E-state index contributed by atoms with van der Waals surface area (Å²) in [5, 5.41) is 2.89. The van der Waals surface area contributed by atoms with Crippen molar-refractivity contribution in [2.45, 2.75) is 13.3 Å². The Hall–Kier alpha value is -1.71. The third-order valence-corrected chi connectivity index (χ3v) is 3.11. The maximum atomic E-state index is 11.8. The summed E-state index contributed by atoms with van der Waals surface area (Å²) in [4.78, 5) is 11.8. The summed E-state index contributed by atoms with van der Waals surface area (Å²) in [6.07, 6.45) is 0.976. The number of amides is 1. The largest absolute Gasteiger partial charge is 0.497 e. The van der Waals surface area contributed by atoms with Crippen LogP contribution in [0.4, 0.5) is 5.69 Å². The number of nitrogens with one attached hydrogen (secondary N) is 1. The van der Waals surface area contributed by atoms with Crippen LogP contribution in [0.3, 0.4) is 0 Å². The minimum Gasteiger partial charge on any atom is -0.497 e. The highest BCUT2D eigenvalue weighted by molar-refractivity contribution is 5.95. The van der Waals surface area contributed by atoms with Crippen molar-refractivity contribution in [1.82, 2.24) is 0 Å². The zero-order valence-electron chi connectivity index (χ0n) is 10.3. The van der Waals surface area contributed by atoms with E-state index in [1.807, 2.05) is 0 Å². The van der Waals surface area contributed by atoms with Crippen molar-refractivity contribution in [2.24, 2.45) is 11.8 Å². The smallest absolute Gasteiger partial charge is 0.227 e.